The number of carbonyl (C=O) groups excluding carboxylic acids is 2. The van der Waals surface area contributed by atoms with Gasteiger partial charge in [0.2, 0.25) is 12.3 Å². The summed E-state index contributed by atoms with van der Waals surface area (Å²) in [6.45, 7) is 1.92. The Kier molecular flexibility index (Phi) is 3.08. The number of hydrogen-bond acceptors (Lipinski definition) is 2. The molecule has 1 saturated heterocycles. The molecule has 0 unspecified atom stereocenters. The lowest BCUT2D eigenvalue weighted by molar-refractivity contribution is -0.134. The van der Waals surface area contributed by atoms with E-state index in [9.17, 15) is 9.59 Å². The normalized spacial score (nSPS) is 16.2. The molecule has 0 aromatic rings. The number of amides is 2. The molecule has 12 heavy (non-hydrogen) atoms. The van der Waals surface area contributed by atoms with Gasteiger partial charge in [0.25, 0.3) is 0 Å². The third-order valence-corrected chi connectivity index (χ3v) is 2.02. The van der Waals surface area contributed by atoms with Crippen molar-refractivity contribution in [2.75, 3.05) is 26.7 Å². The SMILES string of the molecule is CN(C=O)CC(=O)N1CCCC1. The van der Waals surface area contributed by atoms with Crippen LogP contribution in [0.25, 0.3) is 0 Å². The summed E-state index contributed by atoms with van der Waals surface area (Å²) in [4.78, 5) is 24.7. The maximum atomic E-state index is 11.3. The maximum Gasteiger partial charge on any atom is 0.242 e. The van der Waals surface area contributed by atoms with Crippen molar-refractivity contribution in [1.29, 1.82) is 0 Å². The molecule has 0 radical (unpaired) electrons. The minimum atomic E-state index is 0.0575. The van der Waals surface area contributed by atoms with Gasteiger partial charge in [-0.3, -0.25) is 9.59 Å². The molecule has 1 aliphatic heterocycles. The summed E-state index contributed by atoms with van der Waals surface area (Å²) in [5, 5.41) is 0. The highest BCUT2D eigenvalue weighted by Gasteiger charge is 2.18. The highest BCUT2D eigenvalue weighted by Crippen LogP contribution is 2.07. The van der Waals surface area contributed by atoms with Gasteiger partial charge in [-0.15, -0.1) is 0 Å². The maximum absolute atomic E-state index is 11.3. The number of likely N-dealkylation sites (tertiary alicyclic amines) is 1. The highest BCUT2D eigenvalue weighted by molar-refractivity contribution is 5.80. The molecule has 1 heterocycles. The number of hydrogen-bond donors (Lipinski definition) is 0. The van der Waals surface area contributed by atoms with Crippen molar-refractivity contribution in [2.24, 2.45) is 0 Å². The van der Waals surface area contributed by atoms with Crippen LogP contribution >= 0.6 is 0 Å². The zero-order valence-corrected chi connectivity index (χ0v) is 7.32. The number of nitrogens with zero attached hydrogens (tertiary/aromatic N) is 2. The van der Waals surface area contributed by atoms with Crippen LogP contribution in [0.5, 0.6) is 0 Å². The van der Waals surface area contributed by atoms with Crippen LogP contribution in [-0.2, 0) is 9.59 Å². The van der Waals surface area contributed by atoms with Crippen molar-refractivity contribution in [3.8, 4) is 0 Å². The first-order valence-corrected chi connectivity index (χ1v) is 4.17. The van der Waals surface area contributed by atoms with Crippen LogP contribution in [0, 0.1) is 0 Å². The largest absolute Gasteiger partial charge is 0.341 e. The van der Waals surface area contributed by atoms with Gasteiger partial charge < -0.3 is 9.80 Å². The van der Waals surface area contributed by atoms with Gasteiger partial charge in [-0.05, 0) is 12.8 Å². The first-order valence-electron chi connectivity index (χ1n) is 4.17. The second-order valence-corrected chi connectivity index (χ2v) is 3.11. The summed E-state index contributed by atoms with van der Waals surface area (Å²) in [7, 11) is 1.61. The predicted molar refractivity (Wildman–Crippen MR) is 44.5 cm³/mol. The van der Waals surface area contributed by atoms with Crippen molar-refractivity contribution >= 4 is 12.3 Å². The van der Waals surface area contributed by atoms with Gasteiger partial charge in [0.1, 0.15) is 0 Å². The minimum absolute atomic E-state index is 0.0575. The smallest absolute Gasteiger partial charge is 0.242 e. The molecule has 1 fully saturated rings. The van der Waals surface area contributed by atoms with Crippen molar-refractivity contribution in [2.45, 2.75) is 12.8 Å². The molecule has 1 aliphatic rings. The summed E-state index contributed by atoms with van der Waals surface area (Å²) in [6, 6.07) is 0. The van der Waals surface area contributed by atoms with Gasteiger partial charge in [-0.1, -0.05) is 0 Å². The summed E-state index contributed by atoms with van der Waals surface area (Å²) in [6.07, 6.45) is 2.86. The monoisotopic (exact) mass is 170 g/mol. The van der Waals surface area contributed by atoms with Crippen LogP contribution in [0.15, 0.2) is 0 Å². The Morgan fingerprint density at radius 3 is 2.58 bits per heavy atom. The molecule has 0 aromatic carbocycles. The van der Waals surface area contributed by atoms with Crippen molar-refractivity contribution in [3.63, 3.8) is 0 Å². The van der Waals surface area contributed by atoms with E-state index in [1.165, 1.54) is 4.90 Å². The Labute approximate surface area is 72.1 Å². The van der Waals surface area contributed by atoms with Crippen LogP contribution in [-0.4, -0.2) is 48.8 Å². The number of rotatable bonds is 3. The second kappa shape index (κ2) is 4.09. The lowest BCUT2D eigenvalue weighted by atomic mass is 10.4. The second-order valence-electron chi connectivity index (χ2n) is 3.11. The van der Waals surface area contributed by atoms with Crippen LogP contribution < -0.4 is 0 Å². The minimum Gasteiger partial charge on any atom is -0.341 e. The summed E-state index contributed by atoms with van der Waals surface area (Å²) < 4.78 is 0. The summed E-state index contributed by atoms with van der Waals surface area (Å²) >= 11 is 0. The molecule has 0 spiro atoms. The van der Waals surface area contributed by atoms with Gasteiger partial charge in [0, 0.05) is 20.1 Å². The van der Waals surface area contributed by atoms with Gasteiger partial charge in [0.15, 0.2) is 0 Å². The quantitative estimate of drug-likeness (QED) is 0.545. The van der Waals surface area contributed by atoms with Crippen LogP contribution in [0.4, 0.5) is 0 Å². The lowest BCUT2D eigenvalue weighted by Gasteiger charge is -2.17. The molecule has 4 nitrogen and oxygen atoms in total. The summed E-state index contributed by atoms with van der Waals surface area (Å²) in [5.74, 6) is 0.0575. The number of carbonyl (C=O) groups is 2. The Bertz CT molecular complexity index is 176. The fourth-order valence-electron chi connectivity index (χ4n) is 1.32. The molecular formula is C8H14N2O2. The van der Waals surface area contributed by atoms with E-state index < -0.39 is 0 Å². The van der Waals surface area contributed by atoms with Crippen LogP contribution in [0.1, 0.15) is 12.8 Å². The molecule has 0 N–H and O–H groups in total. The van der Waals surface area contributed by atoms with E-state index in [1.807, 2.05) is 0 Å². The Hall–Kier alpha value is -1.06. The van der Waals surface area contributed by atoms with Gasteiger partial charge in [-0.2, -0.15) is 0 Å². The van der Waals surface area contributed by atoms with E-state index in [0.29, 0.717) is 6.41 Å². The van der Waals surface area contributed by atoms with Crippen molar-refractivity contribution in [3.05, 3.63) is 0 Å². The average Bonchev–Trinajstić information content (AvgIpc) is 2.56. The zero-order chi connectivity index (χ0) is 8.97. The van der Waals surface area contributed by atoms with E-state index in [0.717, 1.165) is 25.9 Å². The molecule has 0 atom stereocenters. The van der Waals surface area contributed by atoms with E-state index in [2.05, 4.69) is 0 Å². The topological polar surface area (TPSA) is 40.6 Å². The van der Waals surface area contributed by atoms with Crippen LogP contribution in [0.2, 0.25) is 0 Å². The van der Waals surface area contributed by atoms with E-state index in [1.54, 1.807) is 11.9 Å². The third kappa shape index (κ3) is 2.22. The first kappa shape index (κ1) is 9.03. The van der Waals surface area contributed by atoms with E-state index in [4.69, 9.17) is 0 Å². The molecule has 0 bridgehead atoms. The Balaban J connectivity index is 2.31. The third-order valence-electron chi connectivity index (χ3n) is 2.02. The molecule has 2 amide bonds. The fourth-order valence-corrected chi connectivity index (χ4v) is 1.32. The molecule has 0 saturated carbocycles. The highest BCUT2D eigenvalue weighted by atomic mass is 16.2. The molecule has 68 valence electrons. The average molecular weight is 170 g/mol. The van der Waals surface area contributed by atoms with E-state index in [-0.39, 0.29) is 12.5 Å². The number of likely N-dealkylation sites (N-methyl/N-ethyl adjacent to an activating group) is 1. The van der Waals surface area contributed by atoms with E-state index >= 15 is 0 Å². The van der Waals surface area contributed by atoms with Crippen molar-refractivity contribution < 1.29 is 9.59 Å². The molecule has 4 heteroatoms. The molecule has 0 aliphatic carbocycles. The summed E-state index contributed by atoms with van der Waals surface area (Å²) in [5.41, 5.74) is 0. The molecule has 0 aromatic heterocycles. The lowest BCUT2D eigenvalue weighted by Crippen LogP contribution is -2.36. The predicted octanol–water partition coefficient (Wildman–Crippen LogP) is -0.303. The first-order chi connectivity index (χ1) is 5.74. The van der Waals surface area contributed by atoms with Gasteiger partial charge in [0.05, 0.1) is 6.54 Å². The fraction of sp³-hybridized carbons (Fsp3) is 0.750. The van der Waals surface area contributed by atoms with Gasteiger partial charge in [-0.25, -0.2) is 0 Å². The standard InChI is InChI=1S/C8H14N2O2/c1-9(7-11)6-8(12)10-4-2-3-5-10/h7H,2-6H2,1H3. The van der Waals surface area contributed by atoms with Crippen LogP contribution in [0.3, 0.4) is 0 Å². The van der Waals surface area contributed by atoms with Gasteiger partial charge >= 0.3 is 0 Å². The zero-order valence-electron chi connectivity index (χ0n) is 7.32. The molecule has 1 rings (SSSR count). The Morgan fingerprint density at radius 2 is 2.08 bits per heavy atom. The molecular weight excluding hydrogens is 156 g/mol. The Morgan fingerprint density at radius 1 is 1.50 bits per heavy atom. The van der Waals surface area contributed by atoms with Crippen molar-refractivity contribution in [1.82, 2.24) is 9.80 Å².